The Kier molecular flexibility index (Phi) is 3.94. The molecule has 0 aliphatic heterocycles. The number of alkyl halides is 2. The Balaban J connectivity index is 1.58. The number of benzene rings is 1. The van der Waals surface area contributed by atoms with Gasteiger partial charge in [-0.1, -0.05) is 0 Å². The lowest BCUT2D eigenvalue weighted by Gasteiger charge is -2.32. The fourth-order valence-electron chi connectivity index (χ4n) is 3.23. The van der Waals surface area contributed by atoms with Crippen LogP contribution in [0.25, 0.3) is 0 Å². The summed E-state index contributed by atoms with van der Waals surface area (Å²) in [6.45, 7) is -3.02. The first kappa shape index (κ1) is 16.3. The Morgan fingerprint density at radius 1 is 1.33 bits per heavy atom. The number of amides is 2. The monoisotopic (exact) mass is 342 g/mol. The number of urea groups is 1. The summed E-state index contributed by atoms with van der Waals surface area (Å²) in [5, 5.41) is 14.3. The molecule has 3 atom stereocenters. The second-order valence-corrected chi connectivity index (χ2v) is 5.93. The summed E-state index contributed by atoms with van der Waals surface area (Å²) in [6.07, 6.45) is 0.977. The van der Waals surface area contributed by atoms with E-state index in [4.69, 9.17) is 9.84 Å². The summed E-state index contributed by atoms with van der Waals surface area (Å²) in [6, 6.07) is 3.39. The van der Waals surface area contributed by atoms with Crippen LogP contribution >= 0.6 is 0 Å². The molecule has 1 aromatic rings. The minimum Gasteiger partial charge on any atom is -0.493 e. The topological polar surface area (TPSA) is 96.9 Å². The second kappa shape index (κ2) is 5.81. The van der Waals surface area contributed by atoms with Crippen LogP contribution in [0.2, 0.25) is 0 Å². The Morgan fingerprint density at radius 2 is 2.08 bits per heavy atom. The zero-order chi connectivity index (χ0) is 17.5. The number of ether oxygens (including phenoxy) is 2. The van der Waals surface area contributed by atoms with Gasteiger partial charge in [-0.05, 0) is 30.9 Å². The highest BCUT2D eigenvalue weighted by Crippen LogP contribution is 2.67. The molecule has 7 nitrogen and oxygen atoms in total. The first-order chi connectivity index (χ1) is 11.4. The van der Waals surface area contributed by atoms with E-state index < -0.39 is 24.0 Å². The average Bonchev–Trinajstić information content (AvgIpc) is 3.11. The van der Waals surface area contributed by atoms with Gasteiger partial charge in [0.15, 0.2) is 11.5 Å². The smallest absolute Gasteiger partial charge is 0.387 e. The normalized spacial score (nSPS) is 26.8. The molecule has 0 radical (unpaired) electrons. The standard InChI is InChI=1S/C15H16F2N2O5/c1-23-10-3-2-7(4-11(10)24-13(16)17)18-14(22)19-9-6-15(12(20)21)5-8(9)15/h2-4,8-9,13H,5-6H2,1H3,(H,20,21)(H2,18,19,22)/t8-,9+,15-/m0/s1. The number of hydrogen-bond donors (Lipinski definition) is 3. The van der Waals surface area contributed by atoms with Gasteiger partial charge in [0.1, 0.15) is 0 Å². The third kappa shape index (κ3) is 2.81. The van der Waals surface area contributed by atoms with Gasteiger partial charge in [-0.3, -0.25) is 4.79 Å². The Labute approximate surface area is 135 Å². The van der Waals surface area contributed by atoms with E-state index in [2.05, 4.69) is 15.4 Å². The number of hydrogen-bond acceptors (Lipinski definition) is 4. The quantitative estimate of drug-likeness (QED) is 0.737. The van der Waals surface area contributed by atoms with Crippen molar-refractivity contribution >= 4 is 17.7 Å². The molecule has 2 fully saturated rings. The van der Waals surface area contributed by atoms with Gasteiger partial charge in [-0.2, -0.15) is 8.78 Å². The predicted molar refractivity (Wildman–Crippen MR) is 78.4 cm³/mol. The summed E-state index contributed by atoms with van der Waals surface area (Å²) < 4.78 is 34.0. The lowest BCUT2D eigenvalue weighted by atomic mass is 9.80. The molecule has 130 valence electrons. The van der Waals surface area contributed by atoms with Gasteiger partial charge >= 0.3 is 18.6 Å². The molecule has 2 aliphatic rings. The van der Waals surface area contributed by atoms with Crippen LogP contribution in [0, 0.1) is 11.3 Å². The summed E-state index contributed by atoms with van der Waals surface area (Å²) in [5.41, 5.74) is -0.403. The number of halogens is 2. The highest BCUT2D eigenvalue weighted by atomic mass is 19.3. The highest BCUT2D eigenvalue weighted by Gasteiger charge is 2.72. The summed E-state index contributed by atoms with van der Waals surface area (Å²) in [5.74, 6) is -0.935. The first-order valence-corrected chi connectivity index (χ1v) is 7.29. The summed E-state index contributed by atoms with van der Waals surface area (Å²) in [4.78, 5) is 23.0. The van der Waals surface area contributed by atoms with E-state index in [1.807, 2.05) is 0 Å². The van der Waals surface area contributed by atoms with Crippen molar-refractivity contribution in [3.63, 3.8) is 0 Å². The molecule has 2 amide bonds. The SMILES string of the molecule is COc1ccc(NC(=O)N[C@@H]2C[C@@]3(C(=O)O)C[C@@H]23)cc1OC(F)F. The molecule has 0 bridgehead atoms. The maximum absolute atomic E-state index is 12.4. The van der Waals surface area contributed by atoms with Crippen LogP contribution < -0.4 is 20.1 Å². The lowest BCUT2D eigenvalue weighted by molar-refractivity contribution is -0.147. The van der Waals surface area contributed by atoms with Crippen LogP contribution in [0.15, 0.2) is 18.2 Å². The number of rotatable bonds is 6. The number of nitrogens with one attached hydrogen (secondary N) is 2. The number of anilines is 1. The Morgan fingerprint density at radius 3 is 2.62 bits per heavy atom. The van der Waals surface area contributed by atoms with Gasteiger partial charge in [0.2, 0.25) is 0 Å². The predicted octanol–water partition coefficient (Wildman–Crippen LogP) is 2.28. The van der Waals surface area contributed by atoms with E-state index in [9.17, 15) is 18.4 Å². The maximum atomic E-state index is 12.4. The van der Waals surface area contributed by atoms with Crippen LogP contribution in [-0.4, -0.2) is 36.9 Å². The molecule has 0 saturated heterocycles. The van der Waals surface area contributed by atoms with Gasteiger partial charge in [-0.25, -0.2) is 4.79 Å². The largest absolute Gasteiger partial charge is 0.493 e. The summed E-state index contributed by atoms with van der Waals surface area (Å²) in [7, 11) is 1.31. The average molecular weight is 342 g/mol. The molecule has 9 heteroatoms. The molecular weight excluding hydrogens is 326 g/mol. The number of methoxy groups -OCH3 is 1. The molecule has 0 unspecified atom stereocenters. The third-order valence-corrected chi connectivity index (χ3v) is 4.58. The second-order valence-electron chi connectivity index (χ2n) is 5.93. The van der Waals surface area contributed by atoms with Gasteiger partial charge < -0.3 is 25.2 Å². The van der Waals surface area contributed by atoms with E-state index in [-0.39, 0.29) is 29.1 Å². The van der Waals surface area contributed by atoms with Crippen molar-refractivity contribution in [1.82, 2.24) is 5.32 Å². The van der Waals surface area contributed by atoms with Crippen molar-refractivity contribution in [3.05, 3.63) is 18.2 Å². The maximum Gasteiger partial charge on any atom is 0.387 e. The van der Waals surface area contributed by atoms with Crippen molar-refractivity contribution in [2.45, 2.75) is 25.5 Å². The molecule has 3 rings (SSSR count). The lowest BCUT2D eigenvalue weighted by Crippen LogP contribution is -2.49. The van der Waals surface area contributed by atoms with Crippen molar-refractivity contribution in [2.24, 2.45) is 11.3 Å². The van der Waals surface area contributed by atoms with E-state index in [0.717, 1.165) is 0 Å². The molecule has 0 spiro atoms. The molecule has 24 heavy (non-hydrogen) atoms. The molecule has 0 heterocycles. The van der Waals surface area contributed by atoms with Crippen LogP contribution in [0.3, 0.4) is 0 Å². The molecule has 2 saturated carbocycles. The zero-order valence-electron chi connectivity index (χ0n) is 12.7. The van der Waals surface area contributed by atoms with Crippen LogP contribution in [0.4, 0.5) is 19.3 Å². The number of carbonyl (C=O) groups excluding carboxylic acids is 1. The van der Waals surface area contributed by atoms with Crippen LogP contribution in [0.5, 0.6) is 11.5 Å². The number of aliphatic carboxylic acids is 1. The minimum absolute atomic E-state index is 0.0330. The number of carboxylic acid groups (broad SMARTS) is 1. The number of carboxylic acids is 1. The first-order valence-electron chi connectivity index (χ1n) is 7.29. The van der Waals surface area contributed by atoms with Crippen molar-refractivity contribution in [2.75, 3.05) is 12.4 Å². The van der Waals surface area contributed by atoms with Gasteiger partial charge in [0.05, 0.1) is 12.5 Å². The van der Waals surface area contributed by atoms with Gasteiger partial charge in [0.25, 0.3) is 0 Å². The van der Waals surface area contributed by atoms with E-state index >= 15 is 0 Å². The minimum atomic E-state index is -3.02. The van der Waals surface area contributed by atoms with E-state index in [1.54, 1.807) is 0 Å². The van der Waals surface area contributed by atoms with E-state index in [1.165, 1.54) is 25.3 Å². The molecule has 1 aromatic carbocycles. The zero-order valence-corrected chi connectivity index (χ0v) is 12.7. The third-order valence-electron chi connectivity index (χ3n) is 4.58. The number of fused-ring (bicyclic) bond motifs is 1. The fraction of sp³-hybridized carbons (Fsp3) is 0.467. The van der Waals surface area contributed by atoms with Crippen molar-refractivity contribution in [1.29, 1.82) is 0 Å². The Bertz CT molecular complexity index is 684. The van der Waals surface area contributed by atoms with Gasteiger partial charge in [-0.15, -0.1) is 0 Å². The molecule has 0 aromatic heterocycles. The Hall–Kier alpha value is -2.58. The van der Waals surface area contributed by atoms with Crippen LogP contribution in [0.1, 0.15) is 12.8 Å². The summed E-state index contributed by atoms with van der Waals surface area (Å²) >= 11 is 0. The fourth-order valence-corrected chi connectivity index (χ4v) is 3.23. The van der Waals surface area contributed by atoms with Gasteiger partial charge in [0, 0.05) is 17.8 Å². The molecule has 2 aliphatic carbocycles. The van der Waals surface area contributed by atoms with Crippen molar-refractivity contribution < 1.29 is 33.0 Å². The highest BCUT2D eigenvalue weighted by molar-refractivity contribution is 5.90. The molecular formula is C15H16F2N2O5. The van der Waals surface area contributed by atoms with Crippen molar-refractivity contribution in [3.8, 4) is 11.5 Å². The van der Waals surface area contributed by atoms with E-state index in [0.29, 0.717) is 12.8 Å². The van der Waals surface area contributed by atoms with Crippen LogP contribution in [-0.2, 0) is 4.79 Å². The number of carbonyl (C=O) groups is 2. The molecule has 3 N–H and O–H groups in total.